The molecule has 0 spiro atoms. The minimum atomic E-state index is -1.18. The first-order valence-corrected chi connectivity index (χ1v) is 7.81. The average molecular weight is 363 g/mol. The molecule has 27 heavy (non-hydrogen) atoms. The summed E-state index contributed by atoms with van der Waals surface area (Å²) in [6.45, 7) is 0. The van der Waals surface area contributed by atoms with E-state index < -0.39 is 16.5 Å². The number of benzene rings is 2. The summed E-state index contributed by atoms with van der Waals surface area (Å²) in [7, 11) is 0. The number of carboxylic acids is 1. The number of carboxylic acid groups (broad SMARTS) is 1. The highest BCUT2D eigenvalue weighted by Gasteiger charge is 2.13. The van der Waals surface area contributed by atoms with E-state index in [9.17, 15) is 24.8 Å². The van der Waals surface area contributed by atoms with E-state index in [1.165, 1.54) is 30.5 Å². The van der Waals surface area contributed by atoms with Crippen LogP contribution >= 0.6 is 0 Å². The summed E-state index contributed by atoms with van der Waals surface area (Å²) in [4.78, 5) is 34.4. The van der Waals surface area contributed by atoms with Crippen LogP contribution in [0, 0.1) is 10.1 Å². The third-order valence-electron chi connectivity index (χ3n) is 3.82. The first-order chi connectivity index (χ1) is 13.0. The van der Waals surface area contributed by atoms with E-state index in [0.717, 1.165) is 10.9 Å². The summed E-state index contributed by atoms with van der Waals surface area (Å²) in [5.74, 6) is -1.18. The van der Waals surface area contributed by atoms with E-state index in [4.69, 9.17) is 0 Å². The third kappa shape index (κ3) is 3.64. The monoisotopic (exact) mass is 363 g/mol. The predicted molar refractivity (Wildman–Crippen MR) is 101 cm³/mol. The van der Waals surface area contributed by atoms with E-state index >= 15 is 0 Å². The molecule has 0 atom stereocenters. The van der Waals surface area contributed by atoms with Gasteiger partial charge in [0.2, 0.25) is 0 Å². The number of pyridine rings is 1. The number of fused-ring (bicyclic) bond motifs is 1. The Bertz CT molecular complexity index is 1160. The molecule has 3 aromatic rings. The van der Waals surface area contributed by atoms with Crippen molar-refractivity contribution in [3.63, 3.8) is 0 Å². The molecule has 8 nitrogen and oxygen atoms in total. The Morgan fingerprint density at radius 1 is 1.11 bits per heavy atom. The topological polar surface area (TPSA) is 115 Å². The van der Waals surface area contributed by atoms with E-state index in [1.807, 2.05) is 0 Å². The fourth-order valence-corrected chi connectivity index (χ4v) is 2.59. The van der Waals surface area contributed by atoms with Gasteiger partial charge in [0.15, 0.2) is 0 Å². The van der Waals surface area contributed by atoms with Crippen LogP contribution in [-0.4, -0.2) is 26.9 Å². The lowest BCUT2D eigenvalue weighted by molar-refractivity contribution is -0.385. The second-order valence-electron chi connectivity index (χ2n) is 5.48. The number of aromatic carboxylic acids is 1. The summed E-state index contributed by atoms with van der Waals surface area (Å²) >= 11 is 0. The van der Waals surface area contributed by atoms with Crippen LogP contribution in [0.25, 0.3) is 16.8 Å². The maximum atomic E-state index is 12.5. The van der Waals surface area contributed by atoms with E-state index in [2.05, 4.69) is 5.10 Å². The summed E-state index contributed by atoms with van der Waals surface area (Å²) in [6, 6.07) is 12.6. The molecule has 2 aromatic carbocycles. The van der Waals surface area contributed by atoms with Crippen molar-refractivity contribution < 1.29 is 14.8 Å². The molecule has 0 aliphatic rings. The van der Waals surface area contributed by atoms with Gasteiger partial charge in [-0.15, -0.1) is 0 Å². The number of nitro groups is 1. The zero-order chi connectivity index (χ0) is 19.4. The Morgan fingerprint density at radius 2 is 1.78 bits per heavy atom. The number of carbonyl (C=O) groups is 1. The van der Waals surface area contributed by atoms with Crippen molar-refractivity contribution in [2.24, 2.45) is 5.10 Å². The Morgan fingerprint density at radius 3 is 2.48 bits per heavy atom. The molecule has 0 aliphatic heterocycles. The molecule has 0 amide bonds. The molecule has 3 rings (SSSR count). The van der Waals surface area contributed by atoms with Crippen molar-refractivity contribution in [1.82, 2.24) is 4.68 Å². The standard InChI is InChI=1S/C19H13N3O5/c23-18-15-9-3-2-8-14(15)16(19(24)25)12-21(18)20-11-5-7-13-6-1-4-10-17(13)22(26)27/h1-12H,(H,24,25)/b7-5+,20-11+. The fraction of sp³-hybridized carbons (Fsp3) is 0. The molecule has 1 heterocycles. The van der Waals surface area contributed by atoms with Gasteiger partial charge in [0.1, 0.15) is 0 Å². The Balaban J connectivity index is 1.98. The van der Waals surface area contributed by atoms with Crippen molar-refractivity contribution in [3.8, 4) is 0 Å². The van der Waals surface area contributed by atoms with Gasteiger partial charge in [-0.05, 0) is 24.3 Å². The largest absolute Gasteiger partial charge is 0.478 e. The van der Waals surface area contributed by atoms with Crippen LogP contribution in [0.5, 0.6) is 0 Å². The number of hydrogen-bond donors (Lipinski definition) is 1. The Kier molecular flexibility index (Phi) is 4.89. The fourth-order valence-electron chi connectivity index (χ4n) is 2.59. The summed E-state index contributed by atoms with van der Waals surface area (Å²) in [5.41, 5.74) is -0.194. The van der Waals surface area contributed by atoms with Gasteiger partial charge in [-0.25, -0.2) is 9.47 Å². The number of aromatic nitrogens is 1. The summed E-state index contributed by atoms with van der Waals surface area (Å²) in [6.07, 6.45) is 5.32. The van der Waals surface area contributed by atoms with Gasteiger partial charge in [-0.2, -0.15) is 5.10 Å². The SMILES string of the molecule is O=C(O)c1cn(/N=C/C=C/c2ccccc2[N+](=O)[O-])c(=O)c2ccccc12. The molecule has 0 unspecified atom stereocenters. The van der Waals surface area contributed by atoms with Gasteiger partial charge < -0.3 is 5.11 Å². The lowest BCUT2D eigenvalue weighted by atomic mass is 10.1. The second kappa shape index (κ2) is 7.44. The Hall–Kier alpha value is -4.07. The average Bonchev–Trinajstić information content (AvgIpc) is 2.66. The maximum absolute atomic E-state index is 12.5. The highest BCUT2D eigenvalue weighted by atomic mass is 16.6. The van der Waals surface area contributed by atoms with E-state index in [1.54, 1.807) is 36.4 Å². The first kappa shape index (κ1) is 17.7. The smallest absolute Gasteiger partial charge is 0.337 e. The number of hydrogen-bond acceptors (Lipinski definition) is 5. The maximum Gasteiger partial charge on any atom is 0.337 e. The van der Waals surface area contributed by atoms with Crippen LogP contribution < -0.4 is 5.56 Å². The molecule has 1 N–H and O–H groups in total. The number of para-hydroxylation sites is 1. The van der Waals surface area contributed by atoms with Crippen molar-refractivity contribution in [2.75, 3.05) is 0 Å². The van der Waals surface area contributed by atoms with Crippen LogP contribution in [0.1, 0.15) is 15.9 Å². The molecule has 0 saturated heterocycles. The van der Waals surface area contributed by atoms with Crippen LogP contribution in [0.2, 0.25) is 0 Å². The molecule has 134 valence electrons. The van der Waals surface area contributed by atoms with Gasteiger partial charge in [0.05, 0.1) is 16.1 Å². The van der Waals surface area contributed by atoms with Crippen LogP contribution in [0.3, 0.4) is 0 Å². The van der Waals surface area contributed by atoms with E-state index in [0.29, 0.717) is 10.9 Å². The molecule has 8 heteroatoms. The zero-order valence-electron chi connectivity index (χ0n) is 13.9. The molecular formula is C19H13N3O5. The van der Waals surface area contributed by atoms with Crippen LogP contribution in [0.4, 0.5) is 5.69 Å². The molecular weight excluding hydrogens is 350 g/mol. The predicted octanol–water partition coefficient (Wildman–Crippen LogP) is 3.16. The van der Waals surface area contributed by atoms with Crippen molar-refractivity contribution in [2.45, 2.75) is 0 Å². The van der Waals surface area contributed by atoms with Crippen molar-refractivity contribution in [1.29, 1.82) is 0 Å². The number of nitrogens with zero attached hydrogens (tertiary/aromatic N) is 3. The summed E-state index contributed by atoms with van der Waals surface area (Å²) in [5, 5.41) is 24.9. The van der Waals surface area contributed by atoms with Gasteiger partial charge in [-0.3, -0.25) is 14.9 Å². The minimum absolute atomic E-state index is 0.0509. The number of allylic oxidation sites excluding steroid dienone is 1. The van der Waals surface area contributed by atoms with Crippen molar-refractivity contribution in [3.05, 3.63) is 92.4 Å². The van der Waals surface area contributed by atoms with Crippen LogP contribution in [0.15, 0.2) is 70.7 Å². The van der Waals surface area contributed by atoms with E-state index in [-0.39, 0.29) is 16.6 Å². The lowest BCUT2D eigenvalue weighted by Crippen LogP contribution is -2.18. The highest BCUT2D eigenvalue weighted by Crippen LogP contribution is 2.18. The van der Waals surface area contributed by atoms with Crippen LogP contribution in [-0.2, 0) is 0 Å². The summed E-state index contributed by atoms with van der Waals surface area (Å²) < 4.78 is 0.926. The van der Waals surface area contributed by atoms with Gasteiger partial charge in [-0.1, -0.05) is 30.3 Å². The van der Waals surface area contributed by atoms with Crippen molar-refractivity contribution >= 4 is 34.7 Å². The first-order valence-electron chi connectivity index (χ1n) is 7.81. The lowest BCUT2D eigenvalue weighted by Gasteiger charge is -2.05. The van der Waals surface area contributed by atoms with Gasteiger partial charge in [0, 0.05) is 29.3 Å². The van der Waals surface area contributed by atoms with Gasteiger partial charge in [0.25, 0.3) is 11.2 Å². The quantitative estimate of drug-likeness (QED) is 0.425. The zero-order valence-corrected chi connectivity index (χ0v) is 13.9. The number of nitro benzene ring substituents is 1. The normalized spacial score (nSPS) is 11.4. The molecule has 0 bridgehead atoms. The molecule has 0 aliphatic carbocycles. The molecule has 0 radical (unpaired) electrons. The van der Waals surface area contributed by atoms with Gasteiger partial charge >= 0.3 is 5.97 Å². The number of rotatable bonds is 5. The minimum Gasteiger partial charge on any atom is -0.478 e. The second-order valence-corrected chi connectivity index (χ2v) is 5.48. The molecule has 1 aromatic heterocycles. The molecule has 0 fully saturated rings. The Labute approximate surface area is 152 Å². The molecule has 0 saturated carbocycles. The third-order valence-corrected chi connectivity index (χ3v) is 3.82. The highest BCUT2D eigenvalue weighted by molar-refractivity contribution is 6.03.